The molecule has 0 aliphatic carbocycles. The van der Waals surface area contributed by atoms with Crippen LogP contribution < -0.4 is 4.74 Å². The summed E-state index contributed by atoms with van der Waals surface area (Å²) in [4.78, 5) is 25.6. The summed E-state index contributed by atoms with van der Waals surface area (Å²) < 4.78 is 5.22. The summed E-state index contributed by atoms with van der Waals surface area (Å²) in [6, 6.07) is 16.0. The molecule has 0 saturated carbocycles. The number of hydrogen-bond donors (Lipinski definition) is 1. The predicted octanol–water partition coefficient (Wildman–Crippen LogP) is 7.16. The highest BCUT2D eigenvalue weighted by Gasteiger charge is 2.15. The maximum Gasteiger partial charge on any atom is 0.341 e. The van der Waals surface area contributed by atoms with Crippen LogP contribution >= 0.6 is 0 Å². The molecule has 0 radical (unpaired) electrons. The monoisotopic (exact) mass is 481 g/mol. The second kappa shape index (κ2) is 16.7. The molecule has 0 atom stereocenters. The lowest BCUT2D eigenvalue weighted by Gasteiger charge is -2.23. The van der Waals surface area contributed by atoms with Gasteiger partial charge in [0, 0.05) is 19.5 Å². The van der Waals surface area contributed by atoms with E-state index in [-0.39, 0.29) is 12.5 Å². The predicted molar refractivity (Wildman–Crippen MR) is 141 cm³/mol. The van der Waals surface area contributed by atoms with Gasteiger partial charge < -0.3 is 14.7 Å². The first-order valence-electron chi connectivity index (χ1n) is 13.3. The minimum atomic E-state index is -1.00. The Hall–Kier alpha value is -2.82. The van der Waals surface area contributed by atoms with Gasteiger partial charge in [-0.2, -0.15) is 0 Å². The smallest absolute Gasteiger partial charge is 0.341 e. The lowest BCUT2D eigenvalue weighted by molar-refractivity contribution is -0.139. The number of aliphatic carboxylic acids is 1. The van der Waals surface area contributed by atoms with Crippen molar-refractivity contribution < 1.29 is 19.4 Å². The molecule has 0 saturated heterocycles. The summed E-state index contributed by atoms with van der Waals surface area (Å²) in [5.74, 6) is -0.324. The molecule has 35 heavy (non-hydrogen) atoms. The zero-order valence-corrected chi connectivity index (χ0v) is 21.6. The van der Waals surface area contributed by atoms with Crippen LogP contribution in [0.25, 0.3) is 0 Å². The molecule has 2 aromatic rings. The minimum absolute atomic E-state index is 0.167. The number of nitrogens with zero attached hydrogens (tertiary/aromatic N) is 1. The largest absolute Gasteiger partial charge is 0.482 e. The van der Waals surface area contributed by atoms with E-state index < -0.39 is 5.97 Å². The molecule has 0 fully saturated rings. The van der Waals surface area contributed by atoms with Gasteiger partial charge in [-0.1, -0.05) is 95.2 Å². The standard InChI is InChI=1S/C30H43NO4/c1-3-5-7-8-9-11-12-25-14-16-26(17-15-25)22-31(29(32)13-10-6-4-2)23-27-18-20-28(21-19-27)35-24-30(33)34/h14-21H,3-13,22-24H2,1-2H3,(H,33,34). The van der Waals surface area contributed by atoms with Gasteiger partial charge in [0.05, 0.1) is 0 Å². The van der Waals surface area contributed by atoms with Crippen LogP contribution in [0.4, 0.5) is 0 Å². The number of carboxylic acid groups (broad SMARTS) is 1. The molecule has 1 N–H and O–H groups in total. The first kappa shape index (κ1) is 28.4. The number of benzene rings is 2. The maximum atomic E-state index is 13.0. The molecule has 0 heterocycles. The molecular formula is C30H43NO4. The lowest BCUT2D eigenvalue weighted by atomic mass is 10.0. The van der Waals surface area contributed by atoms with Crippen LogP contribution in [0.5, 0.6) is 5.75 Å². The molecule has 0 aromatic heterocycles. The van der Waals surface area contributed by atoms with E-state index in [0.717, 1.165) is 36.8 Å². The van der Waals surface area contributed by atoms with Gasteiger partial charge in [0.1, 0.15) is 5.75 Å². The number of aryl methyl sites for hydroxylation is 1. The van der Waals surface area contributed by atoms with E-state index in [1.54, 1.807) is 12.1 Å². The van der Waals surface area contributed by atoms with E-state index in [0.29, 0.717) is 25.3 Å². The molecule has 192 valence electrons. The van der Waals surface area contributed by atoms with Crippen LogP contribution in [0.1, 0.15) is 94.7 Å². The summed E-state index contributed by atoms with van der Waals surface area (Å²) >= 11 is 0. The van der Waals surface area contributed by atoms with Crippen molar-refractivity contribution in [1.82, 2.24) is 4.90 Å². The highest BCUT2D eigenvalue weighted by atomic mass is 16.5. The summed E-state index contributed by atoms with van der Waals surface area (Å²) in [6.45, 7) is 5.12. The Kier molecular flexibility index (Phi) is 13.6. The third-order valence-electron chi connectivity index (χ3n) is 6.22. The van der Waals surface area contributed by atoms with Gasteiger partial charge >= 0.3 is 5.97 Å². The zero-order valence-electron chi connectivity index (χ0n) is 21.6. The van der Waals surface area contributed by atoms with Crippen molar-refractivity contribution >= 4 is 11.9 Å². The van der Waals surface area contributed by atoms with E-state index in [1.165, 1.54) is 44.1 Å². The number of ether oxygens (including phenoxy) is 1. The van der Waals surface area contributed by atoms with Gasteiger partial charge in [0.2, 0.25) is 5.91 Å². The Morgan fingerprint density at radius 3 is 1.83 bits per heavy atom. The normalized spacial score (nSPS) is 10.8. The zero-order chi connectivity index (χ0) is 25.3. The number of rotatable bonds is 18. The van der Waals surface area contributed by atoms with E-state index >= 15 is 0 Å². The number of amides is 1. The third-order valence-corrected chi connectivity index (χ3v) is 6.22. The van der Waals surface area contributed by atoms with Gasteiger partial charge in [-0.15, -0.1) is 0 Å². The highest BCUT2D eigenvalue weighted by molar-refractivity contribution is 5.76. The van der Waals surface area contributed by atoms with Crippen LogP contribution in [0.15, 0.2) is 48.5 Å². The van der Waals surface area contributed by atoms with Gasteiger partial charge in [-0.3, -0.25) is 4.79 Å². The number of carbonyl (C=O) groups is 2. The van der Waals surface area contributed by atoms with E-state index in [1.807, 2.05) is 17.0 Å². The van der Waals surface area contributed by atoms with Crippen LogP contribution in [0.2, 0.25) is 0 Å². The molecule has 0 bridgehead atoms. The van der Waals surface area contributed by atoms with Crippen LogP contribution in [0, 0.1) is 0 Å². The first-order chi connectivity index (χ1) is 17.0. The second-order valence-corrected chi connectivity index (χ2v) is 9.37. The van der Waals surface area contributed by atoms with E-state index in [2.05, 4.69) is 38.1 Å². The maximum absolute atomic E-state index is 13.0. The van der Waals surface area contributed by atoms with Crippen LogP contribution in [-0.4, -0.2) is 28.5 Å². The lowest BCUT2D eigenvalue weighted by Crippen LogP contribution is -2.29. The molecule has 2 aromatic carbocycles. The summed E-state index contributed by atoms with van der Waals surface area (Å²) in [5.41, 5.74) is 3.50. The minimum Gasteiger partial charge on any atom is -0.482 e. The fraction of sp³-hybridized carbons (Fsp3) is 0.533. The molecule has 5 nitrogen and oxygen atoms in total. The van der Waals surface area contributed by atoms with Crippen molar-refractivity contribution in [3.8, 4) is 5.75 Å². The topological polar surface area (TPSA) is 66.8 Å². The number of unbranched alkanes of at least 4 members (excludes halogenated alkanes) is 7. The molecular weight excluding hydrogens is 438 g/mol. The Bertz CT molecular complexity index is 861. The average molecular weight is 482 g/mol. The summed E-state index contributed by atoms with van der Waals surface area (Å²) in [7, 11) is 0. The first-order valence-corrected chi connectivity index (χ1v) is 13.3. The van der Waals surface area contributed by atoms with Crippen LogP contribution in [0.3, 0.4) is 0 Å². The Morgan fingerprint density at radius 1 is 0.714 bits per heavy atom. The second-order valence-electron chi connectivity index (χ2n) is 9.37. The van der Waals surface area contributed by atoms with Gasteiger partial charge in [-0.25, -0.2) is 4.79 Å². The molecule has 0 aliphatic rings. The van der Waals surface area contributed by atoms with Crippen molar-refractivity contribution in [1.29, 1.82) is 0 Å². The quantitative estimate of drug-likeness (QED) is 0.229. The number of carboxylic acids is 1. The van der Waals surface area contributed by atoms with Gasteiger partial charge in [-0.05, 0) is 48.1 Å². The van der Waals surface area contributed by atoms with E-state index in [9.17, 15) is 9.59 Å². The Morgan fingerprint density at radius 2 is 1.23 bits per heavy atom. The molecule has 2 rings (SSSR count). The molecule has 0 unspecified atom stereocenters. The SMILES string of the molecule is CCCCCCCCc1ccc(CN(Cc2ccc(OCC(=O)O)cc2)C(=O)CCCCC)cc1. The fourth-order valence-corrected chi connectivity index (χ4v) is 4.11. The van der Waals surface area contributed by atoms with Crippen molar-refractivity contribution in [3.63, 3.8) is 0 Å². The van der Waals surface area contributed by atoms with Crippen molar-refractivity contribution in [2.45, 2.75) is 97.6 Å². The third kappa shape index (κ3) is 11.9. The van der Waals surface area contributed by atoms with Gasteiger partial charge in [0.25, 0.3) is 0 Å². The Labute approximate surface area is 211 Å². The van der Waals surface area contributed by atoms with Crippen molar-refractivity contribution in [3.05, 3.63) is 65.2 Å². The molecule has 1 amide bonds. The summed E-state index contributed by atoms with van der Waals surface area (Å²) in [6.07, 6.45) is 12.5. The molecule has 5 heteroatoms. The summed E-state index contributed by atoms with van der Waals surface area (Å²) in [5, 5.41) is 8.77. The van der Waals surface area contributed by atoms with E-state index in [4.69, 9.17) is 9.84 Å². The number of hydrogen-bond acceptors (Lipinski definition) is 3. The Balaban J connectivity index is 1.95. The molecule has 0 aliphatic heterocycles. The average Bonchev–Trinajstić information content (AvgIpc) is 2.86. The number of carbonyl (C=O) groups excluding carboxylic acids is 1. The molecule has 0 spiro atoms. The van der Waals surface area contributed by atoms with Crippen LogP contribution in [-0.2, 0) is 29.1 Å². The highest BCUT2D eigenvalue weighted by Crippen LogP contribution is 2.18. The van der Waals surface area contributed by atoms with Crippen molar-refractivity contribution in [2.24, 2.45) is 0 Å². The fourth-order valence-electron chi connectivity index (χ4n) is 4.11. The van der Waals surface area contributed by atoms with Crippen molar-refractivity contribution in [2.75, 3.05) is 6.61 Å². The van der Waals surface area contributed by atoms with Gasteiger partial charge in [0.15, 0.2) is 6.61 Å².